The summed E-state index contributed by atoms with van der Waals surface area (Å²) in [5.41, 5.74) is 4.04. The molecule has 2 aromatic heterocycles. The molecule has 3 rings (SSSR count). The lowest BCUT2D eigenvalue weighted by Crippen LogP contribution is -2.14. The molecule has 3 nitrogen and oxygen atoms in total. The zero-order chi connectivity index (χ0) is 16.6. The van der Waals surface area contributed by atoms with Crippen molar-refractivity contribution < 1.29 is 4.74 Å². The number of hydrogen-bond donors (Lipinski definition) is 0. The van der Waals surface area contributed by atoms with E-state index in [4.69, 9.17) is 9.72 Å². The van der Waals surface area contributed by atoms with Crippen molar-refractivity contribution in [3.05, 3.63) is 54.0 Å². The van der Waals surface area contributed by atoms with E-state index in [1.54, 1.807) is 7.11 Å². The molecule has 23 heavy (non-hydrogen) atoms. The summed E-state index contributed by atoms with van der Waals surface area (Å²) in [6, 6.07) is 12.4. The van der Waals surface area contributed by atoms with Gasteiger partial charge in [0, 0.05) is 28.3 Å². The van der Waals surface area contributed by atoms with Gasteiger partial charge in [-0.25, -0.2) is 0 Å². The van der Waals surface area contributed by atoms with Crippen LogP contribution in [-0.4, -0.2) is 17.1 Å². The zero-order valence-corrected chi connectivity index (χ0v) is 14.3. The van der Waals surface area contributed by atoms with Gasteiger partial charge < -0.3 is 4.74 Å². The normalized spacial score (nSPS) is 11.7. The van der Waals surface area contributed by atoms with Crippen molar-refractivity contribution in [1.29, 1.82) is 0 Å². The number of fused-ring (bicyclic) bond motifs is 1. The van der Waals surface area contributed by atoms with Crippen LogP contribution in [0.2, 0.25) is 0 Å². The van der Waals surface area contributed by atoms with E-state index >= 15 is 0 Å². The first kappa shape index (κ1) is 15.5. The summed E-state index contributed by atoms with van der Waals surface area (Å²) in [4.78, 5) is 9.34. The molecular formula is C20H22N2O. The second-order valence-electron chi connectivity index (χ2n) is 6.88. The maximum absolute atomic E-state index is 5.38. The van der Waals surface area contributed by atoms with E-state index in [2.05, 4.69) is 50.0 Å². The molecule has 3 heteroatoms. The molecule has 118 valence electrons. The average Bonchev–Trinajstić information content (AvgIpc) is 2.53. The number of aromatic nitrogens is 2. The smallest absolute Gasteiger partial charge is 0.119 e. The SMILES string of the molecule is COc1ccc2c(C(C)(C)C)nc(-c3ccc(C)nc3)cc2c1. The minimum atomic E-state index is -0.0407. The predicted octanol–water partition coefficient (Wildman–Crippen LogP) is 4.91. The van der Waals surface area contributed by atoms with Gasteiger partial charge in [0.2, 0.25) is 0 Å². The van der Waals surface area contributed by atoms with Crippen LogP contribution in [0.5, 0.6) is 5.75 Å². The van der Waals surface area contributed by atoms with E-state index in [9.17, 15) is 0 Å². The van der Waals surface area contributed by atoms with Gasteiger partial charge in [0.1, 0.15) is 5.75 Å². The van der Waals surface area contributed by atoms with Gasteiger partial charge in [-0.3, -0.25) is 9.97 Å². The Morgan fingerprint density at radius 2 is 1.78 bits per heavy atom. The average molecular weight is 306 g/mol. The molecule has 2 heterocycles. The van der Waals surface area contributed by atoms with Gasteiger partial charge in [-0.2, -0.15) is 0 Å². The number of benzene rings is 1. The molecular weight excluding hydrogens is 284 g/mol. The first-order valence-corrected chi connectivity index (χ1v) is 7.81. The predicted molar refractivity (Wildman–Crippen MR) is 95.0 cm³/mol. The third-order valence-corrected chi connectivity index (χ3v) is 3.96. The standard InChI is InChI=1S/C20H22N2O/c1-13-6-7-14(12-21-13)18-11-15-10-16(23-5)8-9-17(15)19(22-18)20(2,3)4/h6-12H,1-5H3. The van der Waals surface area contributed by atoms with Crippen LogP contribution in [0, 0.1) is 6.92 Å². The van der Waals surface area contributed by atoms with Crippen LogP contribution in [0.3, 0.4) is 0 Å². The molecule has 1 aromatic carbocycles. The van der Waals surface area contributed by atoms with Crippen LogP contribution in [-0.2, 0) is 5.41 Å². The number of aryl methyl sites for hydroxylation is 1. The van der Waals surface area contributed by atoms with Gasteiger partial charge in [-0.1, -0.05) is 20.8 Å². The highest BCUT2D eigenvalue weighted by atomic mass is 16.5. The second-order valence-corrected chi connectivity index (χ2v) is 6.88. The molecule has 0 fully saturated rings. The van der Waals surface area contributed by atoms with Crippen LogP contribution in [0.4, 0.5) is 0 Å². The van der Waals surface area contributed by atoms with Crippen molar-refractivity contribution in [1.82, 2.24) is 9.97 Å². The molecule has 0 saturated heterocycles. The Bertz CT molecular complexity index is 846. The van der Waals surface area contributed by atoms with E-state index in [1.807, 2.05) is 25.3 Å². The molecule has 0 N–H and O–H groups in total. The lowest BCUT2D eigenvalue weighted by molar-refractivity contribution is 0.415. The Labute approximate surface area is 137 Å². The van der Waals surface area contributed by atoms with Gasteiger partial charge in [0.25, 0.3) is 0 Å². The molecule has 0 atom stereocenters. The van der Waals surface area contributed by atoms with Gasteiger partial charge >= 0.3 is 0 Å². The Balaban J connectivity index is 2.28. The summed E-state index contributed by atoms with van der Waals surface area (Å²) in [7, 11) is 1.69. The molecule has 0 spiro atoms. The molecule has 0 saturated carbocycles. The van der Waals surface area contributed by atoms with Crippen molar-refractivity contribution in [2.45, 2.75) is 33.1 Å². The van der Waals surface area contributed by atoms with Crippen LogP contribution in [0.15, 0.2) is 42.6 Å². The molecule has 3 aromatic rings. The fourth-order valence-electron chi connectivity index (χ4n) is 2.70. The summed E-state index contributed by atoms with van der Waals surface area (Å²) in [6.45, 7) is 8.56. The summed E-state index contributed by atoms with van der Waals surface area (Å²) in [6.07, 6.45) is 1.89. The van der Waals surface area contributed by atoms with Gasteiger partial charge in [-0.15, -0.1) is 0 Å². The van der Waals surface area contributed by atoms with Crippen molar-refractivity contribution >= 4 is 10.8 Å². The molecule has 0 bridgehead atoms. The number of pyridine rings is 2. The Morgan fingerprint density at radius 3 is 2.39 bits per heavy atom. The molecule has 0 radical (unpaired) electrons. The quantitative estimate of drug-likeness (QED) is 0.674. The molecule has 0 aliphatic heterocycles. The van der Waals surface area contributed by atoms with E-state index in [-0.39, 0.29) is 5.41 Å². The third-order valence-electron chi connectivity index (χ3n) is 3.96. The fourth-order valence-corrected chi connectivity index (χ4v) is 2.70. The highest BCUT2D eigenvalue weighted by Gasteiger charge is 2.20. The highest BCUT2D eigenvalue weighted by Crippen LogP contribution is 2.33. The first-order valence-electron chi connectivity index (χ1n) is 7.81. The van der Waals surface area contributed by atoms with Crippen molar-refractivity contribution in [3.63, 3.8) is 0 Å². The Kier molecular flexibility index (Phi) is 3.80. The van der Waals surface area contributed by atoms with Crippen LogP contribution >= 0.6 is 0 Å². The Hall–Kier alpha value is -2.42. The summed E-state index contributed by atoms with van der Waals surface area (Å²) in [5, 5.41) is 2.31. The number of methoxy groups -OCH3 is 1. The minimum absolute atomic E-state index is 0.0407. The number of nitrogens with zero attached hydrogens (tertiary/aromatic N) is 2. The second kappa shape index (κ2) is 5.65. The topological polar surface area (TPSA) is 35.0 Å². The minimum Gasteiger partial charge on any atom is -0.497 e. The van der Waals surface area contributed by atoms with E-state index in [1.165, 1.54) is 5.39 Å². The molecule has 0 unspecified atom stereocenters. The first-order chi connectivity index (χ1) is 10.9. The monoisotopic (exact) mass is 306 g/mol. The van der Waals surface area contributed by atoms with E-state index in [0.29, 0.717) is 0 Å². The maximum Gasteiger partial charge on any atom is 0.119 e. The van der Waals surface area contributed by atoms with Crippen molar-refractivity contribution in [2.24, 2.45) is 0 Å². The highest BCUT2D eigenvalue weighted by molar-refractivity contribution is 5.89. The van der Waals surface area contributed by atoms with Gasteiger partial charge in [-0.05, 0) is 48.7 Å². The summed E-state index contributed by atoms with van der Waals surface area (Å²) in [5.74, 6) is 0.858. The third kappa shape index (κ3) is 3.04. The van der Waals surface area contributed by atoms with Crippen LogP contribution in [0.1, 0.15) is 32.2 Å². The largest absolute Gasteiger partial charge is 0.497 e. The summed E-state index contributed by atoms with van der Waals surface area (Å²) < 4.78 is 5.38. The van der Waals surface area contributed by atoms with Crippen LogP contribution in [0.25, 0.3) is 22.0 Å². The maximum atomic E-state index is 5.38. The number of ether oxygens (including phenoxy) is 1. The van der Waals surface area contributed by atoms with Gasteiger partial charge in [0.05, 0.1) is 18.5 Å². The van der Waals surface area contributed by atoms with E-state index < -0.39 is 0 Å². The van der Waals surface area contributed by atoms with E-state index in [0.717, 1.165) is 33.8 Å². The zero-order valence-electron chi connectivity index (χ0n) is 14.3. The van der Waals surface area contributed by atoms with Gasteiger partial charge in [0.15, 0.2) is 0 Å². The van der Waals surface area contributed by atoms with Crippen molar-refractivity contribution in [2.75, 3.05) is 7.11 Å². The lowest BCUT2D eigenvalue weighted by Gasteiger charge is -2.21. The Morgan fingerprint density at radius 1 is 1.00 bits per heavy atom. The number of hydrogen-bond acceptors (Lipinski definition) is 3. The van der Waals surface area contributed by atoms with Crippen molar-refractivity contribution in [3.8, 4) is 17.0 Å². The fraction of sp³-hybridized carbons (Fsp3) is 0.300. The molecule has 0 amide bonds. The molecule has 0 aliphatic rings. The lowest BCUT2D eigenvalue weighted by atomic mass is 9.87. The number of rotatable bonds is 2. The van der Waals surface area contributed by atoms with Crippen LogP contribution < -0.4 is 4.74 Å². The molecule has 0 aliphatic carbocycles. The summed E-state index contributed by atoms with van der Waals surface area (Å²) >= 11 is 0.